The van der Waals surface area contributed by atoms with Gasteiger partial charge in [-0.1, -0.05) is 30.3 Å². The van der Waals surface area contributed by atoms with Crippen LogP contribution in [-0.2, 0) is 10.2 Å². The number of aliphatic hydroxyl groups is 1. The lowest BCUT2D eigenvalue weighted by Gasteiger charge is -2.52. The maximum atomic E-state index is 12.4. The Morgan fingerprint density at radius 3 is 2.46 bits per heavy atom. The van der Waals surface area contributed by atoms with E-state index in [4.69, 9.17) is 0 Å². The lowest BCUT2D eigenvalue weighted by molar-refractivity contribution is -0.150. The van der Waals surface area contributed by atoms with Crippen molar-refractivity contribution in [1.29, 1.82) is 0 Å². The van der Waals surface area contributed by atoms with Crippen LogP contribution in [0.4, 0.5) is 0 Å². The van der Waals surface area contributed by atoms with Gasteiger partial charge in [0, 0.05) is 12.0 Å². The van der Waals surface area contributed by atoms with Gasteiger partial charge in [-0.25, -0.2) is 0 Å². The number of carboxylic acid groups (broad SMARTS) is 1. The maximum absolute atomic E-state index is 12.4. The Labute approximate surface area is 148 Å². The Morgan fingerprint density at radius 1 is 1.33 bits per heavy atom. The number of hydrogen-bond acceptors (Lipinski definition) is 4. The van der Waals surface area contributed by atoms with Crippen molar-refractivity contribution in [3.05, 3.63) is 35.9 Å². The highest BCUT2D eigenvalue weighted by atomic mass is 32.2. The molecule has 3 saturated heterocycles. The maximum Gasteiger partial charge on any atom is 0.316 e. The number of piperidine rings is 3. The second-order valence-corrected chi connectivity index (χ2v) is 8.06. The molecule has 4 rings (SSSR count). The number of aliphatic carboxylic acids is 1. The molecule has 2 N–H and O–H groups in total. The molecule has 3 atom stereocenters. The lowest BCUT2D eigenvalue weighted by Crippen LogP contribution is -2.60. The Kier molecular flexibility index (Phi) is 5.52. The molecule has 0 spiro atoms. The van der Waals surface area contributed by atoms with Gasteiger partial charge in [0.1, 0.15) is 5.41 Å². The predicted octanol–water partition coefficient (Wildman–Crippen LogP) is 2.46. The largest absolute Gasteiger partial charge is 0.481 e. The van der Waals surface area contributed by atoms with Crippen molar-refractivity contribution in [2.45, 2.75) is 30.7 Å². The normalized spacial score (nSPS) is 29.8. The van der Waals surface area contributed by atoms with Crippen LogP contribution in [0.25, 0.3) is 0 Å². The highest BCUT2D eigenvalue weighted by molar-refractivity contribution is 7.98. The first-order chi connectivity index (χ1) is 11.6. The lowest BCUT2D eigenvalue weighted by atomic mass is 9.64. The molecular weight excluding hydrogens is 322 g/mol. The molecule has 5 heteroatoms. The summed E-state index contributed by atoms with van der Waals surface area (Å²) in [7, 11) is 0. The van der Waals surface area contributed by atoms with Gasteiger partial charge >= 0.3 is 5.97 Å². The van der Waals surface area contributed by atoms with Gasteiger partial charge in [0.15, 0.2) is 0 Å². The molecule has 0 aliphatic carbocycles. The number of fused-ring (bicyclic) bond motifs is 3. The van der Waals surface area contributed by atoms with Gasteiger partial charge in [0.2, 0.25) is 0 Å². The van der Waals surface area contributed by atoms with Crippen LogP contribution >= 0.6 is 11.8 Å². The first kappa shape index (κ1) is 17.8. The van der Waals surface area contributed by atoms with Gasteiger partial charge in [-0.15, -0.1) is 0 Å². The van der Waals surface area contributed by atoms with E-state index < -0.39 is 11.4 Å². The standard InChI is InChI=1S/C19H27NO3S/c1-24-12-16(17-11-14-7-9-20(17)10-8-14)19(13-21,18(22)23)15-5-3-2-4-6-15/h2-6,14,16-17,21H,7-13H2,1H3,(H,22,23)/t16-,17?,19+/m0/s1. The summed E-state index contributed by atoms with van der Waals surface area (Å²) < 4.78 is 0. The SMILES string of the molecule is CSC[C@@H](C1CC2CCN1CC2)[C@](CO)(C(=O)O)c1ccccc1. The molecule has 3 fully saturated rings. The highest BCUT2D eigenvalue weighted by Gasteiger charge is 2.52. The summed E-state index contributed by atoms with van der Waals surface area (Å²) in [6.07, 6.45) is 5.55. The number of nitrogens with zero attached hydrogens (tertiary/aromatic N) is 1. The molecule has 3 heterocycles. The predicted molar refractivity (Wildman–Crippen MR) is 97.4 cm³/mol. The van der Waals surface area contributed by atoms with Gasteiger partial charge in [0.25, 0.3) is 0 Å². The van der Waals surface area contributed by atoms with Gasteiger partial charge in [0.05, 0.1) is 6.61 Å². The van der Waals surface area contributed by atoms with Crippen LogP contribution in [0.15, 0.2) is 30.3 Å². The molecule has 2 bridgehead atoms. The van der Waals surface area contributed by atoms with Crippen molar-refractivity contribution >= 4 is 17.7 Å². The van der Waals surface area contributed by atoms with Crippen molar-refractivity contribution in [2.75, 3.05) is 31.7 Å². The van der Waals surface area contributed by atoms with Gasteiger partial charge < -0.3 is 15.1 Å². The van der Waals surface area contributed by atoms with Crippen molar-refractivity contribution in [1.82, 2.24) is 4.90 Å². The van der Waals surface area contributed by atoms with Crippen LogP contribution in [0.1, 0.15) is 24.8 Å². The molecule has 24 heavy (non-hydrogen) atoms. The Bertz CT molecular complexity index is 559. The molecule has 0 radical (unpaired) electrons. The fourth-order valence-electron chi connectivity index (χ4n) is 4.70. The number of carbonyl (C=O) groups is 1. The molecule has 3 aliphatic heterocycles. The third-order valence-electron chi connectivity index (χ3n) is 6.06. The summed E-state index contributed by atoms with van der Waals surface area (Å²) in [6, 6.07) is 9.58. The molecule has 3 aliphatic rings. The zero-order valence-electron chi connectivity index (χ0n) is 14.2. The van der Waals surface area contributed by atoms with Crippen LogP contribution in [-0.4, -0.2) is 58.8 Å². The molecule has 0 amide bonds. The van der Waals surface area contributed by atoms with Crippen molar-refractivity contribution < 1.29 is 15.0 Å². The summed E-state index contributed by atoms with van der Waals surface area (Å²) in [5.74, 6) is 0.457. The van der Waals surface area contributed by atoms with Crippen LogP contribution < -0.4 is 0 Å². The first-order valence-corrected chi connectivity index (χ1v) is 10.2. The third kappa shape index (κ3) is 2.98. The smallest absolute Gasteiger partial charge is 0.316 e. The van der Waals surface area contributed by atoms with Crippen LogP contribution in [0, 0.1) is 11.8 Å². The van der Waals surface area contributed by atoms with Crippen LogP contribution in [0.3, 0.4) is 0 Å². The molecule has 0 aromatic heterocycles. The zero-order chi connectivity index (χ0) is 17.2. The summed E-state index contributed by atoms with van der Waals surface area (Å²) in [4.78, 5) is 14.9. The number of aliphatic hydroxyl groups excluding tert-OH is 1. The minimum absolute atomic E-state index is 0.0968. The number of thioether (sulfide) groups is 1. The van der Waals surface area contributed by atoms with Crippen molar-refractivity contribution in [3.63, 3.8) is 0 Å². The van der Waals surface area contributed by atoms with E-state index in [1.54, 1.807) is 11.8 Å². The minimum atomic E-state index is -1.23. The van der Waals surface area contributed by atoms with E-state index >= 15 is 0 Å². The zero-order valence-corrected chi connectivity index (χ0v) is 15.0. The van der Waals surface area contributed by atoms with Crippen molar-refractivity contribution in [2.24, 2.45) is 11.8 Å². The van der Waals surface area contributed by atoms with Gasteiger partial charge in [-0.2, -0.15) is 11.8 Å². The number of hydrogen-bond donors (Lipinski definition) is 2. The monoisotopic (exact) mass is 349 g/mol. The van der Waals surface area contributed by atoms with E-state index in [1.807, 2.05) is 36.6 Å². The van der Waals surface area contributed by atoms with E-state index in [-0.39, 0.29) is 18.6 Å². The molecule has 4 nitrogen and oxygen atoms in total. The third-order valence-corrected chi connectivity index (χ3v) is 6.75. The Hall–Kier alpha value is -1.04. The molecule has 1 aromatic rings. The van der Waals surface area contributed by atoms with E-state index in [9.17, 15) is 15.0 Å². The number of rotatable bonds is 7. The van der Waals surface area contributed by atoms with Gasteiger partial charge in [-0.3, -0.25) is 4.79 Å². The second-order valence-electron chi connectivity index (χ2n) is 7.14. The highest BCUT2D eigenvalue weighted by Crippen LogP contribution is 2.44. The second kappa shape index (κ2) is 7.46. The van der Waals surface area contributed by atoms with Crippen LogP contribution in [0.2, 0.25) is 0 Å². The quantitative estimate of drug-likeness (QED) is 0.792. The summed E-state index contributed by atoms with van der Waals surface area (Å²) in [5, 5.41) is 20.5. The Balaban J connectivity index is 2.03. The summed E-state index contributed by atoms with van der Waals surface area (Å²) in [6.45, 7) is 1.78. The van der Waals surface area contributed by atoms with E-state index in [0.29, 0.717) is 5.92 Å². The number of carboxylic acids is 1. The Morgan fingerprint density at radius 2 is 2.00 bits per heavy atom. The average molecular weight is 349 g/mol. The molecular formula is C19H27NO3S. The van der Waals surface area contributed by atoms with E-state index in [0.717, 1.165) is 30.8 Å². The topological polar surface area (TPSA) is 60.8 Å². The summed E-state index contributed by atoms with van der Waals surface area (Å²) >= 11 is 1.68. The van der Waals surface area contributed by atoms with Crippen molar-refractivity contribution in [3.8, 4) is 0 Å². The van der Waals surface area contributed by atoms with E-state index in [2.05, 4.69) is 4.90 Å². The molecule has 1 unspecified atom stereocenters. The number of benzene rings is 1. The van der Waals surface area contributed by atoms with E-state index in [1.165, 1.54) is 12.8 Å². The summed E-state index contributed by atoms with van der Waals surface area (Å²) in [5.41, 5.74) is -0.506. The van der Waals surface area contributed by atoms with Crippen LogP contribution in [0.5, 0.6) is 0 Å². The first-order valence-electron chi connectivity index (χ1n) is 8.76. The fraction of sp³-hybridized carbons (Fsp3) is 0.632. The average Bonchev–Trinajstić information content (AvgIpc) is 2.63. The molecule has 132 valence electrons. The minimum Gasteiger partial charge on any atom is -0.481 e. The molecule has 1 aromatic carbocycles. The fourth-order valence-corrected chi connectivity index (χ4v) is 5.56. The van der Waals surface area contributed by atoms with Gasteiger partial charge in [-0.05, 0) is 55.8 Å². The molecule has 0 saturated carbocycles.